The summed E-state index contributed by atoms with van der Waals surface area (Å²) >= 11 is 0. The van der Waals surface area contributed by atoms with Gasteiger partial charge in [0.1, 0.15) is 17.3 Å². The molecule has 1 heterocycles. The zero-order chi connectivity index (χ0) is 17.8. The molecule has 5 nitrogen and oxygen atoms in total. The van der Waals surface area contributed by atoms with E-state index in [-0.39, 0.29) is 0 Å². The van der Waals surface area contributed by atoms with Gasteiger partial charge in [-0.1, -0.05) is 48.0 Å². The minimum atomic E-state index is -0.821. The normalized spacial score (nSPS) is 11.6. The fourth-order valence-corrected chi connectivity index (χ4v) is 2.41. The van der Waals surface area contributed by atoms with Crippen molar-refractivity contribution in [2.75, 3.05) is 0 Å². The number of hydrogen-bond donors (Lipinski definition) is 0. The van der Waals surface area contributed by atoms with Crippen LogP contribution >= 0.6 is 0 Å². The lowest BCUT2D eigenvalue weighted by atomic mass is 10.1. The molecule has 0 spiro atoms. The third-order valence-electron chi connectivity index (χ3n) is 3.75. The van der Waals surface area contributed by atoms with E-state index in [1.54, 1.807) is 10.9 Å². The minimum Gasteiger partial charge on any atom is -0.444 e. The van der Waals surface area contributed by atoms with Crippen molar-refractivity contribution in [2.24, 2.45) is 0 Å². The van der Waals surface area contributed by atoms with Gasteiger partial charge in [-0.3, -0.25) is 0 Å². The summed E-state index contributed by atoms with van der Waals surface area (Å²) in [6.45, 7) is 3.54. The van der Waals surface area contributed by atoms with Crippen LogP contribution < -0.4 is 0 Å². The summed E-state index contributed by atoms with van der Waals surface area (Å²) in [7, 11) is 0. The fraction of sp³-hybridized carbons (Fsp3) is 0.150. The summed E-state index contributed by atoms with van der Waals surface area (Å²) in [5, 5.41) is 13.4. The molecule has 3 rings (SSSR count). The Balaban J connectivity index is 2.07. The predicted molar refractivity (Wildman–Crippen MR) is 94.2 cm³/mol. The maximum atomic E-state index is 12.5. The Kier molecular flexibility index (Phi) is 4.62. The van der Waals surface area contributed by atoms with Crippen LogP contribution in [0.4, 0.5) is 0 Å². The number of ether oxygens (including phenoxy) is 1. The molecule has 0 fully saturated rings. The van der Waals surface area contributed by atoms with Crippen LogP contribution in [-0.2, 0) is 4.74 Å². The molecule has 0 bridgehead atoms. The maximum Gasteiger partial charge on any atom is 0.343 e. The standard InChI is InChI=1S/C20H17N3O2/c1-14-8-10-17(11-9-14)23-13-18(20(24)25-15(2)12-21)19(22-23)16-6-4-3-5-7-16/h3-11,13,15H,1-2H3. The molecule has 1 atom stereocenters. The van der Waals surface area contributed by atoms with Crippen LogP contribution in [0.5, 0.6) is 0 Å². The van der Waals surface area contributed by atoms with E-state index in [2.05, 4.69) is 5.10 Å². The lowest BCUT2D eigenvalue weighted by Crippen LogP contribution is -2.13. The SMILES string of the molecule is Cc1ccc(-n2cc(C(=O)OC(C)C#N)c(-c3ccccc3)n2)cc1. The van der Waals surface area contributed by atoms with E-state index < -0.39 is 12.1 Å². The van der Waals surface area contributed by atoms with Crippen molar-refractivity contribution < 1.29 is 9.53 Å². The molecule has 0 amide bonds. The van der Waals surface area contributed by atoms with Crippen LogP contribution in [0.2, 0.25) is 0 Å². The van der Waals surface area contributed by atoms with Gasteiger partial charge >= 0.3 is 5.97 Å². The van der Waals surface area contributed by atoms with Crippen molar-refractivity contribution in [3.8, 4) is 23.0 Å². The molecule has 1 unspecified atom stereocenters. The molecule has 25 heavy (non-hydrogen) atoms. The third-order valence-corrected chi connectivity index (χ3v) is 3.75. The van der Waals surface area contributed by atoms with Crippen LogP contribution in [0.3, 0.4) is 0 Å². The maximum absolute atomic E-state index is 12.5. The first-order valence-electron chi connectivity index (χ1n) is 7.91. The number of carbonyl (C=O) groups excluding carboxylic acids is 1. The molecule has 0 aliphatic heterocycles. The zero-order valence-corrected chi connectivity index (χ0v) is 14.0. The first kappa shape index (κ1) is 16.5. The Hall–Kier alpha value is -3.39. The van der Waals surface area contributed by atoms with Gasteiger partial charge in [-0.15, -0.1) is 0 Å². The summed E-state index contributed by atoms with van der Waals surface area (Å²) in [4.78, 5) is 12.5. The van der Waals surface area contributed by atoms with Crippen molar-refractivity contribution in [3.63, 3.8) is 0 Å². The number of benzene rings is 2. The summed E-state index contributed by atoms with van der Waals surface area (Å²) in [5.74, 6) is -0.564. The van der Waals surface area contributed by atoms with Gasteiger partial charge in [-0.2, -0.15) is 10.4 Å². The monoisotopic (exact) mass is 331 g/mol. The lowest BCUT2D eigenvalue weighted by molar-refractivity contribution is 0.0436. The van der Waals surface area contributed by atoms with E-state index in [0.717, 1.165) is 16.8 Å². The second-order valence-corrected chi connectivity index (χ2v) is 5.71. The molecule has 0 aliphatic rings. The highest BCUT2D eigenvalue weighted by Crippen LogP contribution is 2.24. The molecule has 0 saturated heterocycles. The second-order valence-electron chi connectivity index (χ2n) is 5.71. The molecule has 5 heteroatoms. The molecule has 1 aromatic heterocycles. The number of nitrogens with zero attached hydrogens (tertiary/aromatic N) is 3. The van der Waals surface area contributed by atoms with Crippen LogP contribution in [0.1, 0.15) is 22.8 Å². The van der Waals surface area contributed by atoms with Gasteiger partial charge < -0.3 is 4.74 Å². The molecule has 2 aromatic carbocycles. The van der Waals surface area contributed by atoms with Crippen LogP contribution in [0.25, 0.3) is 16.9 Å². The number of aromatic nitrogens is 2. The zero-order valence-electron chi connectivity index (χ0n) is 14.0. The van der Waals surface area contributed by atoms with Gasteiger partial charge in [0.25, 0.3) is 0 Å². The number of aryl methyl sites for hydroxylation is 1. The Morgan fingerprint density at radius 3 is 2.48 bits per heavy atom. The van der Waals surface area contributed by atoms with E-state index in [9.17, 15) is 4.79 Å². The number of esters is 1. The number of carbonyl (C=O) groups is 1. The fourth-order valence-electron chi connectivity index (χ4n) is 2.41. The lowest BCUT2D eigenvalue weighted by Gasteiger charge is -2.05. The average molecular weight is 331 g/mol. The van der Waals surface area contributed by atoms with Crippen LogP contribution in [0.15, 0.2) is 60.8 Å². The molecular weight excluding hydrogens is 314 g/mol. The quantitative estimate of drug-likeness (QED) is 0.680. The molecule has 0 N–H and O–H groups in total. The van der Waals surface area contributed by atoms with Crippen molar-refractivity contribution in [3.05, 3.63) is 71.9 Å². The van der Waals surface area contributed by atoms with Crippen LogP contribution in [-0.4, -0.2) is 21.9 Å². The van der Waals surface area contributed by atoms with Gasteiger partial charge in [0.05, 0.1) is 5.69 Å². The topological polar surface area (TPSA) is 67.9 Å². The summed E-state index contributed by atoms with van der Waals surface area (Å²) < 4.78 is 6.81. The van der Waals surface area contributed by atoms with E-state index >= 15 is 0 Å². The molecule has 124 valence electrons. The van der Waals surface area contributed by atoms with E-state index in [1.807, 2.05) is 67.6 Å². The van der Waals surface area contributed by atoms with Gasteiger partial charge in [-0.25, -0.2) is 9.48 Å². The number of nitriles is 1. The number of hydrogen-bond acceptors (Lipinski definition) is 4. The van der Waals surface area contributed by atoms with Crippen LogP contribution in [0, 0.1) is 18.3 Å². The highest BCUT2D eigenvalue weighted by atomic mass is 16.5. The Labute approximate surface area is 146 Å². The minimum absolute atomic E-state index is 0.328. The molecule has 0 saturated carbocycles. The van der Waals surface area contributed by atoms with Gasteiger partial charge in [0.2, 0.25) is 0 Å². The smallest absolute Gasteiger partial charge is 0.343 e. The molecular formula is C20H17N3O2. The summed E-state index contributed by atoms with van der Waals surface area (Å²) in [5.41, 5.74) is 3.65. The van der Waals surface area contributed by atoms with Crippen molar-refractivity contribution in [1.29, 1.82) is 5.26 Å². The Morgan fingerprint density at radius 2 is 1.84 bits per heavy atom. The highest BCUT2D eigenvalue weighted by molar-refractivity contribution is 5.96. The number of rotatable bonds is 4. The predicted octanol–water partition coefficient (Wildman–Crippen LogP) is 3.92. The molecule has 3 aromatic rings. The summed E-state index contributed by atoms with van der Waals surface area (Å²) in [6.07, 6.45) is 0.818. The second kappa shape index (κ2) is 7.02. The Bertz CT molecular complexity index is 922. The Morgan fingerprint density at radius 1 is 1.16 bits per heavy atom. The van der Waals surface area contributed by atoms with E-state index in [0.29, 0.717) is 11.3 Å². The van der Waals surface area contributed by atoms with Gasteiger partial charge in [-0.05, 0) is 26.0 Å². The van der Waals surface area contributed by atoms with Crippen molar-refractivity contribution >= 4 is 5.97 Å². The summed E-state index contributed by atoms with van der Waals surface area (Å²) in [6, 6.07) is 19.2. The highest BCUT2D eigenvalue weighted by Gasteiger charge is 2.21. The third kappa shape index (κ3) is 3.59. The van der Waals surface area contributed by atoms with Gasteiger partial charge in [0.15, 0.2) is 6.10 Å². The van der Waals surface area contributed by atoms with Crippen molar-refractivity contribution in [1.82, 2.24) is 9.78 Å². The molecule has 0 radical (unpaired) electrons. The van der Waals surface area contributed by atoms with E-state index in [4.69, 9.17) is 10.00 Å². The average Bonchev–Trinajstić information content (AvgIpc) is 3.08. The first-order chi connectivity index (χ1) is 12.1. The largest absolute Gasteiger partial charge is 0.444 e. The van der Waals surface area contributed by atoms with E-state index in [1.165, 1.54) is 6.92 Å². The molecule has 0 aliphatic carbocycles. The van der Waals surface area contributed by atoms with Crippen molar-refractivity contribution in [2.45, 2.75) is 20.0 Å². The first-order valence-corrected chi connectivity index (χ1v) is 7.91. The van der Waals surface area contributed by atoms with Gasteiger partial charge in [0, 0.05) is 11.8 Å².